The van der Waals surface area contributed by atoms with Gasteiger partial charge in [-0.25, -0.2) is 9.97 Å². The topological polar surface area (TPSA) is 115 Å². The summed E-state index contributed by atoms with van der Waals surface area (Å²) in [6, 6.07) is 7.03. The van der Waals surface area contributed by atoms with Gasteiger partial charge in [-0.05, 0) is 18.9 Å². The van der Waals surface area contributed by atoms with Gasteiger partial charge >= 0.3 is 0 Å². The molecule has 30 heavy (non-hydrogen) atoms. The van der Waals surface area contributed by atoms with Crippen LogP contribution in [0.1, 0.15) is 62.0 Å². The Bertz CT molecular complexity index is 993. The van der Waals surface area contributed by atoms with E-state index in [4.69, 9.17) is 15.7 Å². The third-order valence-electron chi connectivity index (χ3n) is 4.62. The van der Waals surface area contributed by atoms with E-state index in [9.17, 15) is 4.79 Å². The Kier molecular flexibility index (Phi) is 9.32. The van der Waals surface area contributed by atoms with Crippen molar-refractivity contribution in [3.8, 4) is 16.8 Å². The van der Waals surface area contributed by atoms with Crippen LogP contribution >= 0.6 is 11.3 Å². The zero-order valence-corrected chi connectivity index (χ0v) is 18.4. The second-order valence-electron chi connectivity index (χ2n) is 6.44. The molecular formula is C22H27N5O2S. The zero-order chi connectivity index (χ0) is 21.9. The summed E-state index contributed by atoms with van der Waals surface area (Å²) in [5.74, 6) is -0.310. The first-order chi connectivity index (χ1) is 14.6. The van der Waals surface area contributed by atoms with Crippen LogP contribution in [0.2, 0.25) is 0 Å². The van der Waals surface area contributed by atoms with Crippen LogP contribution in [0.5, 0.6) is 0 Å². The smallest absolute Gasteiger partial charge is 0.268 e. The number of aromatic nitrogens is 3. The molecule has 8 heteroatoms. The van der Waals surface area contributed by atoms with Gasteiger partial charge in [-0.2, -0.15) is 5.26 Å². The molecule has 0 spiro atoms. The zero-order valence-electron chi connectivity index (χ0n) is 17.6. The number of carbonyl (C=O) groups excluding carboxylic acids is 1. The number of para-hydroxylation sites is 1. The summed E-state index contributed by atoms with van der Waals surface area (Å²) in [6.45, 7) is 4.00. The minimum atomic E-state index is -0.654. The third kappa shape index (κ3) is 5.81. The van der Waals surface area contributed by atoms with Crippen LogP contribution < -0.4 is 5.73 Å². The Morgan fingerprint density at radius 2 is 1.97 bits per heavy atom. The highest BCUT2D eigenvalue weighted by atomic mass is 32.1. The quantitative estimate of drug-likeness (QED) is 0.649. The van der Waals surface area contributed by atoms with Crippen molar-refractivity contribution in [2.24, 2.45) is 5.73 Å². The Labute approximate surface area is 180 Å². The molecule has 1 saturated carbocycles. The molecule has 3 aromatic rings. The lowest BCUT2D eigenvalue weighted by Crippen LogP contribution is -2.15. The number of nitriles is 1. The number of carbonyl (C=O) groups is 1. The van der Waals surface area contributed by atoms with Crippen LogP contribution in [-0.4, -0.2) is 34.1 Å². The second kappa shape index (κ2) is 12.0. The van der Waals surface area contributed by atoms with E-state index in [1.807, 2.05) is 21.0 Å². The van der Waals surface area contributed by atoms with E-state index < -0.39 is 5.91 Å². The number of nitrogens with zero attached hydrogens (tertiary/aromatic N) is 4. The Morgan fingerprint density at radius 1 is 1.23 bits per heavy atom. The number of methoxy groups -OCH3 is 1. The van der Waals surface area contributed by atoms with Crippen molar-refractivity contribution in [3.63, 3.8) is 0 Å². The molecule has 0 aliphatic heterocycles. The molecule has 0 radical (unpaired) electrons. The lowest BCUT2D eigenvalue weighted by Gasteiger charge is -2.19. The van der Waals surface area contributed by atoms with Gasteiger partial charge in [0.25, 0.3) is 5.91 Å². The molecule has 1 amide bonds. The first-order valence-electron chi connectivity index (χ1n) is 10.1. The van der Waals surface area contributed by atoms with Gasteiger partial charge in [0.2, 0.25) is 0 Å². The number of primary amides is 1. The van der Waals surface area contributed by atoms with Gasteiger partial charge in [0.15, 0.2) is 5.82 Å². The molecule has 1 fully saturated rings. The van der Waals surface area contributed by atoms with Crippen LogP contribution in [0.4, 0.5) is 0 Å². The van der Waals surface area contributed by atoms with Crippen molar-refractivity contribution < 1.29 is 9.53 Å². The predicted molar refractivity (Wildman–Crippen MR) is 119 cm³/mol. The molecule has 4 rings (SSSR count). The van der Waals surface area contributed by atoms with E-state index in [0.717, 1.165) is 0 Å². The largest absolute Gasteiger partial charge is 0.381 e. The number of ether oxygens (including phenoxy) is 1. The first-order valence-corrected chi connectivity index (χ1v) is 10.9. The fraction of sp³-hybridized carbons (Fsp3) is 0.409. The van der Waals surface area contributed by atoms with Crippen molar-refractivity contribution >= 4 is 28.1 Å². The van der Waals surface area contributed by atoms with Crippen LogP contribution in [-0.2, 0) is 4.74 Å². The lowest BCUT2D eigenvalue weighted by atomic mass is 9.98. The minimum Gasteiger partial charge on any atom is -0.381 e. The van der Waals surface area contributed by atoms with Crippen molar-refractivity contribution in [2.45, 2.75) is 52.1 Å². The Morgan fingerprint density at radius 3 is 2.50 bits per heavy atom. The number of nitrogens with two attached hydrogens (primary N) is 1. The molecule has 158 valence electrons. The van der Waals surface area contributed by atoms with Gasteiger partial charge in [0.1, 0.15) is 11.8 Å². The Hall–Kier alpha value is -2.89. The fourth-order valence-corrected chi connectivity index (χ4v) is 3.72. The van der Waals surface area contributed by atoms with Crippen molar-refractivity contribution in [2.75, 3.05) is 7.11 Å². The second-order valence-corrected chi connectivity index (χ2v) is 7.32. The summed E-state index contributed by atoms with van der Waals surface area (Å²) in [6.07, 6.45) is 8.93. The molecule has 2 N–H and O–H groups in total. The summed E-state index contributed by atoms with van der Waals surface area (Å²) in [4.78, 5) is 24.8. The predicted octanol–water partition coefficient (Wildman–Crippen LogP) is 4.72. The van der Waals surface area contributed by atoms with Gasteiger partial charge in [0, 0.05) is 18.7 Å². The normalized spacial score (nSPS) is 13.4. The van der Waals surface area contributed by atoms with Crippen molar-refractivity contribution in [3.05, 3.63) is 41.2 Å². The fourth-order valence-electron chi connectivity index (χ4n) is 3.17. The molecule has 1 aromatic carbocycles. The molecule has 1 aliphatic carbocycles. The van der Waals surface area contributed by atoms with Gasteiger partial charge < -0.3 is 10.5 Å². The SMILES string of the molecule is CC.COC1CCCCC1.N#Cc1cccc2c(C(N)=O)nc(-c3cncs3)nc12. The highest BCUT2D eigenvalue weighted by Gasteiger charge is 2.16. The van der Waals surface area contributed by atoms with Crippen LogP contribution in [0.15, 0.2) is 29.9 Å². The number of amides is 1. The van der Waals surface area contributed by atoms with Crippen molar-refractivity contribution in [1.29, 1.82) is 5.26 Å². The molecule has 0 atom stereocenters. The van der Waals surface area contributed by atoms with Gasteiger partial charge in [0.05, 0.1) is 27.6 Å². The van der Waals surface area contributed by atoms with Crippen LogP contribution in [0, 0.1) is 11.3 Å². The van der Waals surface area contributed by atoms with Crippen LogP contribution in [0.25, 0.3) is 21.6 Å². The summed E-state index contributed by atoms with van der Waals surface area (Å²) in [5.41, 5.74) is 7.91. The van der Waals surface area contributed by atoms with E-state index in [0.29, 0.717) is 33.3 Å². The van der Waals surface area contributed by atoms with E-state index >= 15 is 0 Å². The standard InChI is InChI=1S/C13H7N5OS.C7H14O.C2H6/c14-4-7-2-1-3-8-10(7)17-13(9-5-16-6-20-9)18-11(8)12(15)19;1-8-7-5-3-2-4-6-7;1-2/h1-3,5-6H,(H2,15,19);7H,2-6H2,1H3;1-2H3. The average molecular weight is 426 g/mol. The maximum absolute atomic E-state index is 11.6. The van der Waals surface area contributed by atoms with E-state index in [1.54, 1.807) is 29.9 Å². The summed E-state index contributed by atoms with van der Waals surface area (Å²) in [7, 11) is 1.82. The molecule has 7 nitrogen and oxygen atoms in total. The van der Waals surface area contributed by atoms with Gasteiger partial charge in [-0.15, -0.1) is 11.3 Å². The lowest BCUT2D eigenvalue weighted by molar-refractivity contribution is 0.0710. The number of fused-ring (bicyclic) bond motifs is 1. The van der Waals surface area contributed by atoms with Gasteiger partial charge in [-0.1, -0.05) is 45.2 Å². The van der Waals surface area contributed by atoms with Gasteiger partial charge in [-0.3, -0.25) is 9.78 Å². The molecule has 2 heterocycles. The molecule has 0 saturated heterocycles. The third-order valence-corrected chi connectivity index (χ3v) is 5.39. The van der Waals surface area contributed by atoms with Crippen LogP contribution in [0.3, 0.4) is 0 Å². The maximum Gasteiger partial charge on any atom is 0.268 e. The number of benzene rings is 1. The number of thiazole rings is 1. The van der Waals surface area contributed by atoms with E-state index in [1.165, 1.54) is 43.4 Å². The molecule has 0 bridgehead atoms. The minimum absolute atomic E-state index is 0.107. The first kappa shape index (κ1) is 23.4. The molecule has 1 aliphatic rings. The maximum atomic E-state index is 11.6. The molecule has 2 aromatic heterocycles. The highest BCUT2D eigenvalue weighted by Crippen LogP contribution is 2.25. The summed E-state index contributed by atoms with van der Waals surface area (Å²) >= 11 is 1.35. The summed E-state index contributed by atoms with van der Waals surface area (Å²) in [5, 5.41) is 9.63. The molecular weight excluding hydrogens is 398 g/mol. The summed E-state index contributed by atoms with van der Waals surface area (Å²) < 4.78 is 5.19. The molecule has 0 unspecified atom stereocenters. The Balaban J connectivity index is 0.000000269. The highest BCUT2D eigenvalue weighted by molar-refractivity contribution is 7.13. The van der Waals surface area contributed by atoms with E-state index in [-0.39, 0.29) is 5.69 Å². The monoisotopic (exact) mass is 425 g/mol. The number of rotatable bonds is 3. The van der Waals surface area contributed by atoms with Crippen molar-refractivity contribution in [1.82, 2.24) is 15.0 Å². The number of hydrogen-bond donors (Lipinski definition) is 1. The number of hydrogen-bond acceptors (Lipinski definition) is 7. The average Bonchev–Trinajstić information content (AvgIpc) is 3.35. The van der Waals surface area contributed by atoms with E-state index in [2.05, 4.69) is 21.0 Å².